The van der Waals surface area contributed by atoms with Crippen molar-refractivity contribution in [1.82, 2.24) is 9.97 Å². The Bertz CT molecular complexity index is 311. The summed E-state index contributed by atoms with van der Waals surface area (Å²) in [5.41, 5.74) is 0. The molecule has 0 fully saturated rings. The molecule has 1 aromatic rings. The fourth-order valence-electron chi connectivity index (χ4n) is 0.446. The van der Waals surface area contributed by atoms with Crippen molar-refractivity contribution in [2.24, 2.45) is 0 Å². The van der Waals surface area contributed by atoms with E-state index >= 15 is 0 Å². The molecule has 0 aliphatic heterocycles. The highest BCUT2D eigenvalue weighted by Crippen LogP contribution is 2.17. The highest BCUT2D eigenvalue weighted by Gasteiger charge is 2.05. The van der Waals surface area contributed by atoms with Crippen LogP contribution in [-0.4, -0.2) is 9.97 Å². The zero-order valence-corrected chi connectivity index (χ0v) is 6.66. The predicted molar refractivity (Wildman–Crippen MR) is 38.5 cm³/mol. The van der Waals surface area contributed by atoms with Crippen molar-refractivity contribution in [2.45, 2.75) is 5.03 Å². The van der Waals surface area contributed by atoms with Crippen molar-refractivity contribution in [1.29, 1.82) is 5.26 Å². The number of nitriles is 1. The number of hydrogen-bond donors (Lipinski definition) is 0. The molecule has 3 nitrogen and oxygen atoms in total. The van der Waals surface area contributed by atoms with E-state index in [0.29, 0.717) is 11.8 Å². The van der Waals surface area contributed by atoms with E-state index in [1.165, 1.54) is 0 Å². The third kappa shape index (κ3) is 2.03. The van der Waals surface area contributed by atoms with Crippen LogP contribution in [-0.2, 0) is 0 Å². The summed E-state index contributed by atoms with van der Waals surface area (Å²) in [6.45, 7) is 0. The van der Waals surface area contributed by atoms with Gasteiger partial charge in [0.25, 0.3) is 0 Å². The summed E-state index contributed by atoms with van der Waals surface area (Å²) in [5, 5.41) is 9.74. The van der Waals surface area contributed by atoms with Crippen LogP contribution in [0.4, 0.5) is 4.39 Å². The minimum Gasteiger partial charge on any atom is -0.223 e. The molecule has 1 rings (SSSR count). The van der Waals surface area contributed by atoms with Crippen molar-refractivity contribution < 1.29 is 4.39 Å². The number of nitrogens with zero attached hydrogens (tertiary/aromatic N) is 3. The topological polar surface area (TPSA) is 49.6 Å². The Morgan fingerprint density at radius 1 is 1.73 bits per heavy atom. The number of hydrogen-bond acceptors (Lipinski definition) is 4. The lowest BCUT2D eigenvalue weighted by atomic mass is 10.6. The van der Waals surface area contributed by atoms with Crippen LogP contribution in [0.25, 0.3) is 0 Å². The minimum atomic E-state index is -0.638. The average molecular weight is 190 g/mol. The average Bonchev–Trinajstić information content (AvgIpc) is 1.98. The van der Waals surface area contributed by atoms with Gasteiger partial charge in [0, 0.05) is 11.8 Å². The molecule has 11 heavy (non-hydrogen) atoms. The van der Waals surface area contributed by atoms with Gasteiger partial charge in [-0.25, -0.2) is 14.4 Å². The van der Waals surface area contributed by atoms with Crippen LogP contribution in [0, 0.1) is 16.5 Å². The van der Waals surface area contributed by atoms with Crippen LogP contribution in [0.2, 0.25) is 5.28 Å². The lowest BCUT2D eigenvalue weighted by molar-refractivity contribution is 0.579. The zero-order chi connectivity index (χ0) is 8.27. The Morgan fingerprint density at radius 2 is 2.45 bits per heavy atom. The van der Waals surface area contributed by atoms with Gasteiger partial charge in [-0.05, 0) is 11.6 Å². The summed E-state index contributed by atoms with van der Waals surface area (Å²) in [7, 11) is 0. The normalized spacial score (nSPS) is 9.18. The van der Waals surface area contributed by atoms with Gasteiger partial charge < -0.3 is 0 Å². The van der Waals surface area contributed by atoms with Crippen molar-refractivity contribution in [3.05, 3.63) is 17.3 Å². The first-order valence-corrected chi connectivity index (χ1v) is 3.67. The molecule has 56 valence electrons. The van der Waals surface area contributed by atoms with E-state index in [1.54, 1.807) is 5.40 Å². The number of thiocyanates is 1. The van der Waals surface area contributed by atoms with Gasteiger partial charge in [-0.3, -0.25) is 0 Å². The molecule has 0 aliphatic rings. The molecule has 0 aliphatic carbocycles. The summed E-state index contributed by atoms with van der Waals surface area (Å²) in [6.07, 6.45) is 0.926. The first-order chi connectivity index (χ1) is 5.24. The summed E-state index contributed by atoms with van der Waals surface area (Å²) >= 11 is 5.95. The van der Waals surface area contributed by atoms with Crippen molar-refractivity contribution in [2.75, 3.05) is 0 Å². The highest BCUT2D eigenvalue weighted by atomic mass is 35.5. The quantitative estimate of drug-likeness (QED) is 0.293. The van der Waals surface area contributed by atoms with Gasteiger partial charge in [-0.15, -0.1) is 0 Å². The van der Waals surface area contributed by atoms with E-state index in [9.17, 15) is 4.39 Å². The van der Waals surface area contributed by atoms with Gasteiger partial charge in [-0.2, -0.15) is 5.26 Å². The number of thioether (sulfide) groups is 1. The lowest BCUT2D eigenvalue weighted by Crippen LogP contribution is -1.88. The molecule has 0 unspecified atom stereocenters. The molecule has 0 saturated carbocycles. The molecule has 0 aromatic carbocycles. The predicted octanol–water partition coefficient (Wildman–Crippen LogP) is 1.84. The van der Waals surface area contributed by atoms with Gasteiger partial charge in [-0.1, -0.05) is 0 Å². The largest absolute Gasteiger partial charge is 0.223 e. The van der Waals surface area contributed by atoms with Crippen LogP contribution in [0.15, 0.2) is 11.2 Å². The fourth-order valence-corrected chi connectivity index (χ4v) is 0.998. The molecule has 0 saturated heterocycles. The van der Waals surface area contributed by atoms with E-state index in [1.807, 2.05) is 0 Å². The zero-order valence-electron chi connectivity index (χ0n) is 5.08. The van der Waals surface area contributed by atoms with Gasteiger partial charge in [0.1, 0.15) is 5.40 Å². The molecule has 1 heterocycles. The molecule has 6 heteroatoms. The first-order valence-electron chi connectivity index (χ1n) is 2.48. The van der Waals surface area contributed by atoms with Crippen molar-refractivity contribution in [3.8, 4) is 5.40 Å². The monoisotopic (exact) mass is 189 g/mol. The maximum Gasteiger partial charge on any atom is 0.223 e. The molecule has 0 radical (unpaired) electrons. The van der Waals surface area contributed by atoms with Crippen LogP contribution < -0.4 is 0 Å². The SMILES string of the molecule is N#CSc1nc(Cl)ncc1F. The molecule has 0 N–H and O–H groups in total. The molecular weight excluding hydrogens is 189 g/mol. The summed E-state index contributed by atoms with van der Waals surface area (Å²) < 4.78 is 12.6. The molecule has 0 bridgehead atoms. The van der Waals surface area contributed by atoms with E-state index in [-0.39, 0.29) is 10.3 Å². The minimum absolute atomic E-state index is 0.0486. The summed E-state index contributed by atoms with van der Waals surface area (Å²) in [5.74, 6) is -0.638. The smallest absolute Gasteiger partial charge is 0.223 e. The van der Waals surface area contributed by atoms with Gasteiger partial charge in [0.2, 0.25) is 5.28 Å². The Balaban J connectivity index is 3.05. The third-order valence-electron chi connectivity index (χ3n) is 0.825. The second kappa shape index (κ2) is 3.51. The maximum atomic E-state index is 12.6. The second-order valence-corrected chi connectivity index (χ2v) is 2.60. The van der Waals surface area contributed by atoms with Crippen LogP contribution in [0.5, 0.6) is 0 Å². The fraction of sp³-hybridized carbons (Fsp3) is 0. The number of halogens is 2. The molecule has 0 amide bonds. The van der Waals surface area contributed by atoms with Crippen molar-refractivity contribution >= 4 is 23.4 Å². The van der Waals surface area contributed by atoms with E-state index in [2.05, 4.69) is 9.97 Å². The Hall–Kier alpha value is -0.860. The van der Waals surface area contributed by atoms with Gasteiger partial charge in [0.05, 0.1) is 6.20 Å². The van der Waals surface area contributed by atoms with Crippen LogP contribution in [0.3, 0.4) is 0 Å². The first kappa shape index (κ1) is 8.24. The third-order valence-corrected chi connectivity index (χ3v) is 1.58. The standard InChI is InChI=1S/C5HClFN3S/c6-5-9-1-3(7)4(10-5)11-2-8/h1H. The summed E-state index contributed by atoms with van der Waals surface area (Å²) in [4.78, 5) is 6.86. The van der Waals surface area contributed by atoms with Gasteiger partial charge in [0.15, 0.2) is 10.8 Å². The summed E-state index contributed by atoms with van der Waals surface area (Å²) in [6, 6.07) is 0. The number of aromatic nitrogens is 2. The maximum absolute atomic E-state index is 12.6. The van der Waals surface area contributed by atoms with Crippen LogP contribution in [0.1, 0.15) is 0 Å². The van der Waals surface area contributed by atoms with Crippen LogP contribution >= 0.6 is 23.4 Å². The highest BCUT2D eigenvalue weighted by molar-refractivity contribution is 8.03. The second-order valence-electron chi connectivity index (χ2n) is 1.49. The molecule has 1 aromatic heterocycles. The molecule has 0 atom stereocenters. The van der Waals surface area contributed by atoms with E-state index < -0.39 is 5.82 Å². The van der Waals surface area contributed by atoms with E-state index in [0.717, 1.165) is 6.20 Å². The number of rotatable bonds is 1. The van der Waals surface area contributed by atoms with E-state index in [4.69, 9.17) is 16.9 Å². The molecule has 0 spiro atoms. The Kier molecular flexibility index (Phi) is 2.63. The molecular formula is C5HClFN3S. The van der Waals surface area contributed by atoms with Crippen molar-refractivity contribution in [3.63, 3.8) is 0 Å². The Morgan fingerprint density at radius 3 is 3.09 bits per heavy atom. The lowest BCUT2D eigenvalue weighted by Gasteiger charge is -1.93. The van der Waals surface area contributed by atoms with Gasteiger partial charge >= 0.3 is 0 Å². The Labute approximate surface area is 71.2 Å².